The average Bonchev–Trinajstić information content (AvgIpc) is 2.16. The predicted molar refractivity (Wildman–Crippen MR) is 62.3 cm³/mol. The summed E-state index contributed by atoms with van der Waals surface area (Å²) in [4.78, 5) is 23.5. The Kier molecular flexibility index (Phi) is 7.00. The largest absolute Gasteiger partial charge is 0.480 e. The molecule has 0 heterocycles. The van der Waals surface area contributed by atoms with Crippen LogP contribution in [0.1, 0.15) is 26.7 Å². The molecule has 0 saturated heterocycles. The first kappa shape index (κ1) is 14.5. The molecule has 5 nitrogen and oxygen atoms in total. The maximum atomic E-state index is 11.7. The normalized spacial score (nSPS) is 11.6. The van der Waals surface area contributed by atoms with Crippen molar-refractivity contribution in [2.24, 2.45) is 0 Å². The highest BCUT2D eigenvalue weighted by Crippen LogP contribution is 1.97. The third kappa shape index (κ3) is 6.06. The fourth-order valence-corrected chi connectivity index (χ4v) is 1.30. The predicted octanol–water partition coefficient (Wildman–Crippen LogP) is 1.46. The highest BCUT2D eigenvalue weighted by Gasteiger charge is 2.16. The van der Waals surface area contributed by atoms with E-state index in [1.807, 2.05) is 13.8 Å². The van der Waals surface area contributed by atoms with Crippen molar-refractivity contribution in [3.63, 3.8) is 0 Å². The number of nitrogens with zero attached hydrogens (tertiary/aromatic N) is 1. The molecule has 0 bridgehead atoms. The van der Waals surface area contributed by atoms with Crippen LogP contribution in [0.4, 0.5) is 4.79 Å². The second kappa shape index (κ2) is 7.73. The van der Waals surface area contributed by atoms with Gasteiger partial charge in [-0.1, -0.05) is 13.0 Å². The van der Waals surface area contributed by atoms with Gasteiger partial charge in [-0.05, 0) is 19.8 Å². The average molecular weight is 228 g/mol. The summed E-state index contributed by atoms with van der Waals surface area (Å²) in [6.07, 6.45) is 3.11. The van der Waals surface area contributed by atoms with Crippen LogP contribution in [0.2, 0.25) is 0 Å². The molecule has 92 valence electrons. The number of hydrogen-bond acceptors (Lipinski definition) is 2. The summed E-state index contributed by atoms with van der Waals surface area (Å²) in [7, 11) is 0. The molecule has 0 aliphatic carbocycles. The maximum absolute atomic E-state index is 11.7. The lowest BCUT2D eigenvalue weighted by molar-refractivity contribution is -0.137. The van der Waals surface area contributed by atoms with Gasteiger partial charge in [0, 0.05) is 12.6 Å². The van der Waals surface area contributed by atoms with Crippen molar-refractivity contribution < 1.29 is 14.7 Å². The zero-order chi connectivity index (χ0) is 12.6. The fourth-order valence-electron chi connectivity index (χ4n) is 1.30. The standard InChI is InChI=1S/C11H20N2O3/c1-4-6-9(3)12-11(16)13(7-5-2)8-10(14)15/h4,9H,1,5-8H2,2-3H3,(H,12,16)(H,14,15). The number of carbonyl (C=O) groups is 2. The molecule has 0 aliphatic heterocycles. The van der Waals surface area contributed by atoms with Crippen LogP contribution >= 0.6 is 0 Å². The lowest BCUT2D eigenvalue weighted by atomic mass is 10.2. The smallest absolute Gasteiger partial charge is 0.323 e. The minimum Gasteiger partial charge on any atom is -0.480 e. The monoisotopic (exact) mass is 228 g/mol. The van der Waals surface area contributed by atoms with E-state index in [2.05, 4.69) is 11.9 Å². The summed E-state index contributed by atoms with van der Waals surface area (Å²) in [5.74, 6) is -1.00. The molecule has 0 aliphatic rings. The lowest BCUT2D eigenvalue weighted by Crippen LogP contribution is -2.46. The number of rotatable bonds is 7. The first-order valence-corrected chi connectivity index (χ1v) is 5.39. The molecule has 0 radical (unpaired) electrons. The van der Waals surface area contributed by atoms with E-state index in [9.17, 15) is 9.59 Å². The third-order valence-electron chi connectivity index (χ3n) is 2.00. The van der Waals surface area contributed by atoms with E-state index in [4.69, 9.17) is 5.11 Å². The number of amides is 2. The van der Waals surface area contributed by atoms with Crippen LogP contribution in [0.5, 0.6) is 0 Å². The van der Waals surface area contributed by atoms with Crippen LogP contribution in [-0.4, -0.2) is 41.1 Å². The Hall–Kier alpha value is -1.52. The van der Waals surface area contributed by atoms with Gasteiger partial charge in [0.05, 0.1) is 0 Å². The van der Waals surface area contributed by atoms with E-state index in [-0.39, 0.29) is 18.6 Å². The van der Waals surface area contributed by atoms with Gasteiger partial charge in [-0.25, -0.2) is 4.79 Å². The Balaban J connectivity index is 4.25. The van der Waals surface area contributed by atoms with E-state index >= 15 is 0 Å². The van der Waals surface area contributed by atoms with E-state index in [0.717, 1.165) is 6.42 Å². The van der Waals surface area contributed by atoms with Crippen LogP contribution in [0, 0.1) is 0 Å². The third-order valence-corrected chi connectivity index (χ3v) is 2.00. The van der Waals surface area contributed by atoms with Gasteiger partial charge in [-0.15, -0.1) is 6.58 Å². The van der Waals surface area contributed by atoms with Gasteiger partial charge in [0.25, 0.3) is 0 Å². The molecule has 1 atom stereocenters. The minimum absolute atomic E-state index is 0.0295. The van der Waals surface area contributed by atoms with Gasteiger partial charge in [0.2, 0.25) is 0 Å². The van der Waals surface area contributed by atoms with Crippen molar-refractivity contribution in [1.29, 1.82) is 0 Å². The van der Waals surface area contributed by atoms with Crippen molar-refractivity contribution in [2.45, 2.75) is 32.7 Å². The molecule has 16 heavy (non-hydrogen) atoms. The maximum Gasteiger partial charge on any atom is 0.323 e. The van der Waals surface area contributed by atoms with Crippen LogP contribution in [0.3, 0.4) is 0 Å². The first-order valence-electron chi connectivity index (χ1n) is 5.39. The van der Waals surface area contributed by atoms with Crippen LogP contribution in [0.25, 0.3) is 0 Å². The van der Waals surface area contributed by atoms with Gasteiger partial charge in [-0.2, -0.15) is 0 Å². The number of nitrogens with one attached hydrogen (secondary N) is 1. The molecule has 0 aromatic rings. The van der Waals surface area contributed by atoms with Crippen LogP contribution in [0.15, 0.2) is 12.7 Å². The number of carboxylic acids is 1. The summed E-state index contributed by atoms with van der Waals surface area (Å²) in [6, 6.07) is -0.364. The molecule has 2 amide bonds. The lowest BCUT2D eigenvalue weighted by Gasteiger charge is -2.22. The number of aliphatic carboxylic acids is 1. The Morgan fingerprint density at radius 1 is 1.56 bits per heavy atom. The quantitative estimate of drug-likeness (QED) is 0.648. The van der Waals surface area contributed by atoms with Gasteiger partial charge < -0.3 is 15.3 Å². The molecule has 0 rings (SSSR count). The molecule has 1 unspecified atom stereocenters. The summed E-state index contributed by atoms with van der Waals surface area (Å²) in [6.45, 7) is 7.51. The molecule has 0 aromatic heterocycles. The number of carbonyl (C=O) groups excluding carboxylic acids is 1. The fraction of sp³-hybridized carbons (Fsp3) is 0.636. The van der Waals surface area contributed by atoms with Gasteiger partial charge in [-0.3, -0.25) is 4.79 Å². The van der Waals surface area contributed by atoms with E-state index in [1.54, 1.807) is 6.08 Å². The van der Waals surface area contributed by atoms with E-state index < -0.39 is 5.97 Å². The van der Waals surface area contributed by atoms with Crippen molar-refractivity contribution >= 4 is 12.0 Å². The summed E-state index contributed by atoms with van der Waals surface area (Å²) in [5.41, 5.74) is 0. The molecular formula is C11H20N2O3. The molecule has 0 aromatic carbocycles. The minimum atomic E-state index is -1.00. The number of urea groups is 1. The summed E-state index contributed by atoms with van der Waals surface area (Å²) in [5, 5.41) is 11.4. The number of carboxylic acid groups (broad SMARTS) is 1. The second-order valence-electron chi connectivity index (χ2n) is 3.69. The molecular weight excluding hydrogens is 208 g/mol. The van der Waals surface area contributed by atoms with Crippen molar-refractivity contribution in [3.8, 4) is 0 Å². The van der Waals surface area contributed by atoms with Crippen molar-refractivity contribution in [2.75, 3.05) is 13.1 Å². The summed E-state index contributed by atoms with van der Waals surface area (Å²) >= 11 is 0. The first-order chi connectivity index (χ1) is 7.51. The van der Waals surface area contributed by atoms with E-state index in [0.29, 0.717) is 13.0 Å². The highest BCUT2D eigenvalue weighted by molar-refractivity contribution is 5.80. The van der Waals surface area contributed by atoms with Gasteiger partial charge in [0.1, 0.15) is 6.54 Å². The molecule has 5 heteroatoms. The Labute approximate surface area is 96.1 Å². The SMILES string of the molecule is C=CCC(C)NC(=O)N(CCC)CC(=O)O. The highest BCUT2D eigenvalue weighted by atomic mass is 16.4. The Bertz CT molecular complexity index is 254. The van der Waals surface area contributed by atoms with Crippen molar-refractivity contribution in [1.82, 2.24) is 10.2 Å². The van der Waals surface area contributed by atoms with Crippen LogP contribution in [-0.2, 0) is 4.79 Å². The molecule has 2 N–H and O–H groups in total. The molecule has 0 spiro atoms. The second-order valence-corrected chi connectivity index (χ2v) is 3.69. The number of hydrogen-bond donors (Lipinski definition) is 2. The zero-order valence-electron chi connectivity index (χ0n) is 9.90. The van der Waals surface area contributed by atoms with Crippen molar-refractivity contribution in [3.05, 3.63) is 12.7 Å². The Morgan fingerprint density at radius 2 is 2.19 bits per heavy atom. The molecule has 0 saturated carbocycles. The molecule has 0 fully saturated rings. The summed E-state index contributed by atoms with van der Waals surface area (Å²) < 4.78 is 0. The Morgan fingerprint density at radius 3 is 2.62 bits per heavy atom. The zero-order valence-corrected chi connectivity index (χ0v) is 9.90. The van der Waals surface area contributed by atoms with Gasteiger partial charge >= 0.3 is 12.0 Å². The van der Waals surface area contributed by atoms with Crippen LogP contribution < -0.4 is 5.32 Å². The van der Waals surface area contributed by atoms with E-state index in [1.165, 1.54) is 4.90 Å². The topological polar surface area (TPSA) is 69.6 Å². The van der Waals surface area contributed by atoms with Gasteiger partial charge in [0.15, 0.2) is 0 Å².